The van der Waals surface area contributed by atoms with Crippen LogP contribution in [-0.2, 0) is 12.8 Å². The summed E-state index contributed by atoms with van der Waals surface area (Å²) in [6.07, 6.45) is 3.64. The predicted molar refractivity (Wildman–Crippen MR) is 84.8 cm³/mol. The van der Waals surface area contributed by atoms with E-state index < -0.39 is 0 Å². The van der Waals surface area contributed by atoms with Gasteiger partial charge >= 0.3 is 0 Å². The molecule has 0 saturated heterocycles. The number of aromatic nitrogens is 1. The van der Waals surface area contributed by atoms with Gasteiger partial charge in [-0.05, 0) is 41.5 Å². The highest BCUT2D eigenvalue weighted by molar-refractivity contribution is 5.28. The van der Waals surface area contributed by atoms with Gasteiger partial charge in [0, 0.05) is 6.20 Å². The minimum atomic E-state index is -0.0314. The van der Waals surface area contributed by atoms with Gasteiger partial charge < -0.3 is 5.73 Å². The van der Waals surface area contributed by atoms with Crippen LogP contribution in [0.2, 0.25) is 0 Å². The largest absolute Gasteiger partial charge is 0.322 e. The normalized spacial score (nSPS) is 12.7. The maximum absolute atomic E-state index is 6.34. The van der Waals surface area contributed by atoms with Crippen LogP contribution < -0.4 is 5.73 Å². The Morgan fingerprint density at radius 2 is 1.80 bits per heavy atom. The van der Waals surface area contributed by atoms with Gasteiger partial charge in [-0.2, -0.15) is 0 Å². The molecule has 1 aromatic heterocycles. The maximum Gasteiger partial charge on any atom is 0.0606 e. The molecule has 0 aliphatic rings. The Bertz CT molecular complexity index is 544. The van der Waals surface area contributed by atoms with Crippen molar-refractivity contribution in [2.75, 3.05) is 0 Å². The summed E-state index contributed by atoms with van der Waals surface area (Å²) in [7, 11) is 0. The first kappa shape index (κ1) is 14.7. The van der Waals surface area contributed by atoms with Crippen LogP contribution in [0.15, 0.2) is 42.6 Å². The Morgan fingerprint density at radius 1 is 1.10 bits per heavy atom. The van der Waals surface area contributed by atoms with Gasteiger partial charge in [0.2, 0.25) is 0 Å². The maximum atomic E-state index is 6.34. The first-order chi connectivity index (χ1) is 9.61. The van der Waals surface area contributed by atoms with E-state index in [1.165, 1.54) is 16.7 Å². The van der Waals surface area contributed by atoms with Crippen molar-refractivity contribution in [2.24, 2.45) is 5.73 Å². The molecule has 106 valence electrons. The lowest BCUT2D eigenvalue weighted by Gasteiger charge is -2.15. The summed E-state index contributed by atoms with van der Waals surface area (Å²) in [5.74, 6) is 0.570. The van der Waals surface area contributed by atoms with Gasteiger partial charge in [0.15, 0.2) is 0 Å². The molecule has 0 aliphatic carbocycles. The van der Waals surface area contributed by atoms with Crippen LogP contribution in [0, 0.1) is 0 Å². The summed E-state index contributed by atoms with van der Waals surface area (Å²) >= 11 is 0. The lowest BCUT2D eigenvalue weighted by atomic mass is 9.96. The minimum absolute atomic E-state index is 0.0314. The first-order valence-electron chi connectivity index (χ1n) is 7.40. The van der Waals surface area contributed by atoms with Crippen LogP contribution in [0.5, 0.6) is 0 Å². The molecule has 0 bridgehead atoms. The second-order valence-electron chi connectivity index (χ2n) is 5.61. The van der Waals surface area contributed by atoms with Crippen molar-refractivity contribution >= 4 is 0 Å². The van der Waals surface area contributed by atoms with Gasteiger partial charge in [0.05, 0.1) is 11.7 Å². The summed E-state index contributed by atoms with van der Waals surface area (Å²) in [4.78, 5) is 4.47. The number of nitrogens with zero attached hydrogens (tertiary/aromatic N) is 1. The molecule has 0 amide bonds. The first-order valence-corrected chi connectivity index (χ1v) is 7.40. The Hall–Kier alpha value is -1.67. The summed E-state index contributed by atoms with van der Waals surface area (Å²) in [5.41, 5.74) is 11.3. The highest BCUT2D eigenvalue weighted by Gasteiger charge is 2.12. The molecule has 0 fully saturated rings. The summed E-state index contributed by atoms with van der Waals surface area (Å²) in [5, 5.41) is 0. The zero-order chi connectivity index (χ0) is 14.5. The molecule has 2 heteroatoms. The molecule has 1 atom stereocenters. The fourth-order valence-corrected chi connectivity index (χ4v) is 2.47. The topological polar surface area (TPSA) is 38.9 Å². The molecular formula is C18H24N2. The number of pyridine rings is 1. The second-order valence-corrected chi connectivity index (χ2v) is 5.61. The number of benzene rings is 1. The Labute approximate surface area is 122 Å². The molecule has 2 N–H and O–H groups in total. The van der Waals surface area contributed by atoms with Crippen molar-refractivity contribution in [3.05, 3.63) is 65.0 Å². The molecule has 1 unspecified atom stereocenters. The average Bonchev–Trinajstić information content (AvgIpc) is 2.47. The van der Waals surface area contributed by atoms with E-state index >= 15 is 0 Å². The average molecular weight is 268 g/mol. The molecule has 0 radical (unpaired) electrons. The summed E-state index contributed by atoms with van der Waals surface area (Å²) < 4.78 is 0. The monoisotopic (exact) mass is 268 g/mol. The van der Waals surface area contributed by atoms with Crippen LogP contribution in [0.4, 0.5) is 0 Å². The van der Waals surface area contributed by atoms with Crippen LogP contribution in [-0.4, -0.2) is 4.98 Å². The van der Waals surface area contributed by atoms with Gasteiger partial charge in [-0.25, -0.2) is 0 Å². The molecule has 2 aromatic rings. The highest BCUT2D eigenvalue weighted by atomic mass is 14.8. The molecule has 20 heavy (non-hydrogen) atoms. The lowest BCUT2D eigenvalue weighted by molar-refractivity contribution is 0.685. The number of nitrogens with two attached hydrogens (primary N) is 1. The third-order valence-corrected chi connectivity index (χ3v) is 3.76. The predicted octanol–water partition coefficient (Wildman–Crippen LogP) is 4.01. The Kier molecular flexibility index (Phi) is 4.91. The van der Waals surface area contributed by atoms with E-state index in [1.807, 2.05) is 12.3 Å². The number of rotatable bonds is 5. The van der Waals surface area contributed by atoms with Crippen LogP contribution in [0.25, 0.3) is 0 Å². The van der Waals surface area contributed by atoms with E-state index in [0.717, 1.165) is 18.5 Å². The number of aryl methyl sites for hydroxylation is 1. The van der Waals surface area contributed by atoms with Gasteiger partial charge in [-0.15, -0.1) is 0 Å². The minimum Gasteiger partial charge on any atom is -0.322 e. The van der Waals surface area contributed by atoms with Crippen LogP contribution >= 0.6 is 0 Å². The van der Waals surface area contributed by atoms with E-state index in [-0.39, 0.29) is 6.04 Å². The zero-order valence-electron chi connectivity index (χ0n) is 12.6. The van der Waals surface area contributed by atoms with Gasteiger partial charge in [0.1, 0.15) is 0 Å². The molecule has 2 nitrogen and oxygen atoms in total. The summed E-state index contributed by atoms with van der Waals surface area (Å²) in [6.45, 7) is 6.56. The molecule has 0 saturated carbocycles. The van der Waals surface area contributed by atoms with E-state index in [4.69, 9.17) is 5.73 Å². The second kappa shape index (κ2) is 6.67. The van der Waals surface area contributed by atoms with Gasteiger partial charge in [-0.1, -0.05) is 51.1 Å². The fourth-order valence-electron chi connectivity index (χ4n) is 2.47. The standard InChI is InChI=1S/C18H24N2/c1-4-15-6-5-11-20-18(15)17(19)12-14-7-9-16(10-8-14)13(2)3/h5-11,13,17H,4,12,19H2,1-3H3. The molecule has 2 rings (SSSR count). The molecular weight excluding hydrogens is 244 g/mol. The van der Waals surface area contributed by atoms with E-state index in [1.54, 1.807) is 0 Å². The third-order valence-electron chi connectivity index (χ3n) is 3.76. The SMILES string of the molecule is CCc1cccnc1C(N)Cc1ccc(C(C)C)cc1. The fraction of sp³-hybridized carbons (Fsp3) is 0.389. The highest BCUT2D eigenvalue weighted by Crippen LogP contribution is 2.20. The molecule has 0 spiro atoms. The molecule has 1 heterocycles. The van der Waals surface area contributed by atoms with Crippen LogP contribution in [0.3, 0.4) is 0 Å². The van der Waals surface area contributed by atoms with Crippen molar-refractivity contribution in [3.8, 4) is 0 Å². The summed E-state index contributed by atoms with van der Waals surface area (Å²) in [6, 6.07) is 12.8. The van der Waals surface area contributed by atoms with Crippen molar-refractivity contribution in [1.29, 1.82) is 0 Å². The third kappa shape index (κ3) is 3.45. The van der Waals surface area contributed by atoms with Crippen molar-refractivity contribution in [2.45, 2.75) is 45.6 Å². The quantitative estimate of drug-likeness (QED) is 0.890. The van der Waals surface area contributed by atoms with Crippen molar-refractivity contribution < 1.29 is 0 Å². The van der Waals surface area contributed by atoms with E-state index in [2.05, 4.69) is 56.1 Å². The number of hydrogen-bond donors (Lipinski definition) is 1. The van der Waals surface area contributed by atoms with E-state index in [0.29, 0.717) is 5.92 Å². The van der Waals surface area contributed by atoms with Gasteiger partial charge in [0.25, 0.3) is 0 Å². The van der Waals surface area contributed by atoms with E-state index in [9.17, 15) is 0 Å². The smallest absolute Gasteiger partial charge is 0.0606 e. The lowest BCUT2D eigenvalue weighted by Crippen LogP contribution is -2.17. The Morgan fingerprint density at radius 3 is 2.40 bits per heavy atom. The molecule has 0 aliphatic heterocycles. The Balaban J connectivity index is 2.13. The number of hydrogen-bond acceptors (Lipinski definition) is 2. The van der Waals surface area contributed by atoms with Gasteiger partial charge in [-0.3, -0.25) is 4.98 Å². The van der Waals surface area contributed by atoms with Crippen LogP contribution in [0.1, 0.15) is 55.1 Å². The molecule has 1 aromatic carbocycles. The van der Waals surface area contributed by atoms with Crippen molar-refractivity contribution in [1.82, 2.24) is 4.98 Å². The van der Waals surface area contributed by atoms with Crippen molar-refractivity contribution in [3.63, 3.8) is 0 Å². The zero-order valence-corrected chi connectivity index (χ0v) is 12.6.